The summed E-state index contributed by atoms with van der Waals surface area (Å²) in [6.07, 6.45) is -0.224. The summed E-state index contributed by atoms with van der Waals surface area (Å²) in [5.74, 6) is -1.25. The van der Waals surface area contributed by atoms with Crippen molar-refractivity contribution >= 4 is 15.9 Å². The molecule has 7 nitrogen and oxygen atoms in total. The number of nitrogens with one attached hydrogen (secondary N) is 1. The van der Waals surface area contributed by atoms with Gasteiger partial charge in [-0.1, -0.05) is 45.9 Å². The van der Waals surface area contributed by atoms with Gasteiger partial charge >= 0.3 is 0 Å². The molecule has 35 heavy (non-hydrogen) atoms. The summed E-state index contributed by atoms with van der Waals surface area (Å²) in [5.41, 5.74) is 1.37. The van der Waals surface area contributed by atoms with E-state index in [2.05, 4.69) is 9.82 Å². The topological polar surface area (TPSA) is 101 Å². The van der Waals surface area contributed by atoms with Crippen LogP contribution < -0.4 is 4.72 Å². The maximum Gasteiger partial charge on any atom is 0.283 e. The minimum Gasteiger partial charge on any atom is -0.384 e. The molecule has 0 unspecified atom stereocenters. The van der Waals surface area contributed by atoms with Crippen LogP contribution in [0.5, 0.6) is 0 Å². The molecular formula is C26H32FN3O4S. The molecule has 2 N–H and O–H groups in total. The highest BCUT2D eigenvalue weighted by atomic mass is 32.2. The number of carbonyl (C=O) groups is 1. The van der Waals surface area contributed by atoms with Crippen LogP contribution in [-0.4, -0.2) is 29.2 Å². The molecule has 0 aliphatic heterocycles. The van der Waals surface area contributed by atoms with Crippen molar-refractivity contribution in [3.8, 4) is 5.69 Å². The van der Waals surface area contributed by atoms with Crippen LogP contribution in [0, 0.1) is 5.82 Å². The smallest absolute Gasteiger partial charge is 0.283 e. The van der Waals surface area contributed by atoms with Gasteiger partial charge in [0.25, 0.3) is 10.0 Å². The van der Waals surface area contributed by atoms with E-state index in [1.165, 1.54) is 36.7 Å². The zero-order valence-corrected chi connectivity index (χ0v) is 21.6. The summed E-state index contributed by atoms with van der Waals surface area (Å²) < 4.78 is 43.8. The first-order valence-corrected chi connectivity index (χ1v) is 12.9. The van der Waals surface area contributed by atoms with Crippen LogP contribution in [0.1, 0.15) is 75.8 Å². The van der Waals surface area contributed by atoms with Crippen LogP contribution in [0.25, 0.3) is 5.69 Å². The average Bonchev–Trinajstić information content (AvgIpc) is 3.22. The SMILES string of the molecule is CC(C)c1cc(F)cc(C(C)C)c1CC(=O)NS(=O)(=O)c1cc(C(C)(C)O)n(-c2ccccc2)n1. The van der Waals surface area contributed by atoms with Crippen LogP contribution in [0.3, 0.4) is 0 Å². The number of hydrogen-bond acceptors (Lipinski definition) is 5. The fraction of sp³-hybridized carbons (Fsp3) is 0.385. The van der Waals surface area contributed by atoms with E-state index < -0.39 is 21.5 Å². The predicted molar refractivity (Wildman–Crippen MR) is 132 cm³/mol. The number of rotatable bonds is 8. The Morgan fingerprint density at radius 2 is 1.60 bits per heavy atom. The standard InChI is InChI=1S/C26H32FN3O4S/c1-16(2)20-12-18(27)13-21(17(3)4)22(20)14-24(31)29-35(33,34)25-15-23(26(5,6)32)30(28-25)19-10-8-7-9-11-19/h7-13,15-17,32H,14H2,1-6H3,(H,29,31). The molecule has 0 atom stereocenters. The summed E-state index contributed by atoms with van der Waals surface area (Å²) in [6.45, 7) is 10.6. The van der Waals surface area contributed by atoms with Gasteiger partial charge in [-0.3, -0.25) is 4.79 Å². The van der Waals surface area contributed by atoms with E-state index in [0.717, 1.165) is 0 Å². The third-order valence-corrected chi connectivity index (χ3v) is 6.95. The quantitative estimate of drug-likeness (QED) is 0.472. The molecule has 0 spiro atoms. The van der Waals surface area contributed by atoms with Crippen molar-refractivity contribution in [1.82, 2.24) is 14.5 Å². The van der Waals surface area contributed by atoms with E-state index >= 15 is 0 Å². The number of aromatic nitrogens is 2. The molecule has 1 heterocycles. The number of nitrogens with zero attached hydrogens (tertiary/aromatic N) is 2. The molecule has 0 fully saturated rings. The van der Waals surface area contributed by atoms with Gasteiger partial charge < -0.3 is 5.11 Å². The van der Waals surface area contributed by atoms with Crippen molar-refractivity contribution in [3.63, 3.8) is 0 Å². The molecule has 9 heteroatoms. The molecule has 1 amide bonds. The number of sulfonamides is 1. The first-order valence-electron chi connectivity index (χ1n) is 11.5. The second-order valence-corrected chi connectivity index (χ2v) is 11.4. The molecule has 1 aromatic heterocycles. The summed E-state index contributed by atoms with van der Waals surface area (Å²) in [4.78, 5) is 12.9. The van der Waals surface area contributed by atoms with E-state index in [9.17, 15) is 22.7 Å². The lowest BCUT2D eigenvalue weighted by Crippen LogP contribution is -2.32. The van der Waals surface area contributed by atoms with Crippen LogP contribution in [0.4, 0.5) is 4.39 Å². The fourth-order valence-corrected chi connectivity index (χ4v) is 4.94. The number of amides is 1. The number of hydrogen-bond donors (Lipinski definition) is 2. The molecule has 0 aliphatic carbocycles. The third kappa shape index (κ3) is 5.97. The predicted octanol–water partition coefficient (Wildman–Crippen LogP) is 4.53. The molecule has 2 aromatic carbocycles. The van der Waals surface area contributed by atoms with Crippen molar-refractivity contribution in [2.24, 2.45) is 0 Å². The maximum absolute atomic E-state index is 14.2. The van der Waals surface area contributed by atoms with Crippen LogP contribution >= 0.6 is 0 Å². The number of halogens is 1. The van der Waals surface area contributed by atoms with Gasteiger partial charge in [-0.25, -0.2) is 13.8 Å². The highest BCUT2D eigenvalue weighted by molar-refractivity contribution is 7.90. The average molecular weight is 502 g/mol. The van der Waals surface area contributed by atoms with Crippen molar-refractivity contribution < 1.29 is 22.7 Å². The van der Waals surface area contributed by atoms with Gasteiger partial charge in [0.05, 0.1) is 17.8 Å². The number of benzene rings is 2. The Bertz CT molecular complexity index is 1300. The first-order chi connectivity index (χ1) is 16.2. The molecule has 188 valence electrons. The van der Waals surface area contributed by atoms with Crippen molar-refractivity contribution in [2.45, 2.75) is 70.4 Å². The molecular weight excluding hydrogens is 469 g/mol. The Hall–Kier alpha value is -3.04. The van der Waals surface area contributed by atoms with Gasteiger partial charge in [-0.2, -0.15) is 13.5 Å². The Kier molecular flexibility index (Phi) is 7.52. The Labute approximate surface area is 206 Å². The van der Waals surface area contributed by atoms with Gasteiger partial charge in [0, 0.05) is 6.07 Å². The Morgan fingerprint density at radius 1 is 1.06 bits per heavy atom. The number of carbonyl (C=O) groups excluding carboxylic acids is 1. The van der Waals surface area contributed by atoms with Gasteiger partial charge in [0.1, 0.15) is 11.4 Å². The second kappa shape index (κ2) is 9.91. The molecule has 0 radical (unpaired) electrons. The minimum atomic E-state index is -4.34. The third-order valence-electron chi connectivity index (χ3n) is 5.70. The molecule has 0 bridgehead atoms. The fourth-order valence-electron chi connectivity index (χ4n) is 4.01. The van der Waals surface area contributed by atoms with E-state index in [1.807, 2.05) is 27.7 Å². The number of aliphatic hydroxyl groups is 1. The Balaban J connectivity index is 1.97. The molecule has 0 aliphatic rings. The lowest BCUT2D eigenvalue weighted by atomic mass is 9.87. The van der Waals surface area contributed by atoms with Crippen molar-refractivity contribution in [2.75, 3.05) is 0 Å². The van der Waals surface area contributed by atoms with Crippen molar-refractivity contribution in [1.29, 1.82) is 0 Å². The van der Waals surface area contributed by atoms with Crippen LogP contribution in [-0.2, 0) is 26.8 Å². The minimum absolute atomic E-state index is 0.0569. The molecule has 3 aromatic rings. The second-order valence-electron chi connectivity index (χ2n) is 9.75. The maximum atomic E-state index is 14.2. The van der Waals surface area contributed by atoms with E-state index in [1.54, 1.807) is 30.3 Å². The van der Waals surface area contributed by atoms with Gasteiger partial charge in [-0.05, 0) is 66.6 Å². The van der Waals surface area contributed by atoms with E-state index in [-0.39, 0.29) is 34.8 Å². The monoisotopic (exact) mass is 501 g/mol. The van der Waals surface area contributed by atoms with Gasteiger partial charge in [0.15, 0.2) is 5.03 Å². The lowest BCUT2D eigenvalue weighted by molar-refractivity contribution is -0.118. The zero-order valence-electron chi connectivity index (χ0n) is 20.8. The molecule has 3 rings (SSSR count). The summed E-state index contributed by atoms with van der Waals surface area (Å²) in [5, 5.41) is 14.4. The first kappa shape index (κ1) is 26.6. The molecule has 0 saturated carbocycles. The van der Waals surface area contributed by atoms with Gasteiger partial charge in [0.2, 0.25) is 5.91 Å². The van der Waals surface area contributed by atoms with E-state index in [0.29, 0.717) is 22.4 Å². The van der Waals surface area contributed by atoms with Crippen LogP contribution in [0.15, 0.2) is 53.6 Å². The Morgan fingerprint density at radius 3 is 2.09 bits per heavy atom. The number of para-hydroxylation sites is 1. The summed E-state index contributed by atoms with van der Waals surface area (Å²) >= 11 is 0. The molecule has 0 saturated heterocycles. The summed E-state index contributed by atoms with van der Waals surface area (Å²) in [6, 6.07) is 12.8. The lowest BCUT2D eigenvalue weighted by Gasteiger charge is -2.19. The highest BCUT2D eigenvalue weighted by Crippen LogP contribution is 2.30. The summed E-state index contributed by atoms with van der Waals surface area (Å²) in [7, 11) is -4.34. The van der Waals surface area contributed by atoms with E-state index in [4.69, 9.17) is 0 Å². The normalized spacial score (nSPS) is 12.4. The zero-order chi connectivity index (χ0) is 26.1. The highest BCUT2D eigenvalue weighted by Gasteiger charge is 2.30. The van der Waals surface area contributed by atoms with Crippen LogP contribution in [0.2, 0.25) is 0 Å². The largest absolute Gasteiger partial charge is 0.384 e. The van der Waals surface area contributed by atoms with Crippen molar-refractivity contribution in [3.05, 3.63) is 76.7 Å². The van der Waals surface area contributed by atoms with Gasteiger partial charge in [-0.15, -0.1) is 0 Å².